The fourth-order valence-electron chi connectivity index (χ4n) is 2.10. The van der Waals surface area contributed by atoms with Crippen LogP contribution in [0.3, 0.4) is 0 Å². The van der Waals surface area contributed by atoms with Crippen LogP contribution in [0, 0.1) is 0 Å². The Morgan fingerprint density at radius 3 is 3.00 bits per heavy atom. The van der Waals surface area contributed by atoms with Crippen LogP contribution in [0.1, 0.15) is 10.4 Å². The first-order valence-corrected chi connectivity index (χ1v) is 5.88. The molecule has 1 saturated heterocycles. The molecule has 18 heavy (non-hydrogen) atoms. The van der Waals surface area contributed by atoms with E-state index in [0.717, 1.165) is 0 Å². The number of para-hydroxylation sites is 1. The number of rotatable bonds is 2. The number of amides is 1. The van der Waals surface area contributed by atoms with Crippen molar-refractivity contribution in [2.24, 2.45) is 5.73 Å². The van der Waals surface area contributed by atoms with Crippen molar-refractivity contribution in [2.75, 3.05) is 26.2 Å². The minimum atomic E-state index is -0.378. The molecule has 1 aliphatic rings. The Hall–Kier alpha value is -1.79. The van der Waals surface area contributed by atoms with Gasteiger partial charge >= 0.3 is 0 Å². The minimum Gasteiger partial charge on any atom is -0.504 e. The number of nitrogens with zero attached hydrogens (tertiary/aromatic N) is 1. The summed E-state index contributed by atoms with van der Waals surface area (Å²) < 4.78 is 0. The van der Waals surface area contributed by atoms with Gasteiger partial charge in [-0.15, -0.1) is 0 Å². The summed E-state index contributed by atoms with van der Waals surface area (Å²) in [6, 6.07) is 4.27. The molecule has 1 amide bonds. The van der Waals surface area contributed by atoms with Crippen LogP contribution in [0.15, 0.2) is 18.2 Å². The zero-order valence-electron chi connectivity index (χ0n) is 9.97. The molecule has 1 aromatic rings. The molecule has 2 rings (SSSR count). The summed E-state index contributed by atoms with van der Waals surface area (Å²) in [6.07, 6.45) is 0. The molecule has 0 saturated carbocycles. The summed E-state index contributed by atoms with van der Waals surface area (Å²) in [5.74, 6) is -0.975. The molecule has 1 atom stereocenters. The number of aromatic hydroxyl groups is 2. The van der Waals surface area contributed by atoms with Gasteiger partial charge in [-0.3, -0.25) is 4.79 Å². The summed E-state index contributed by atoms with van der Waals surface area (Å²) >= 11 is 0. The molecule has 1 unspecified atom stereocenters. The van der Waals surface area contributed by atoms with Crippen LogP contribution < -0.4 is 11.1 Å². The van der Waals surface area contributed by atoms with Crippen molar-refractivity contribution in [1.82, 2.24) is 10.2 Å². The monoisotopic (exact) mass is 251 g/mol. The number of carbonyl (C=O) groups excluding carboxylic acids is 1. The van der Waals surface area contributed by atoms with Gasteiger partial charge < -0.3 is 26.2 Å². The Kier molecular flexibility index (Phi) is 3.69. The maximum Gasteiger partial charge on any atom is 0.258 e. The first-order chi connectivity index (χ1) is 8.65. The summed E-state index contributed by atoms with van der Waals surface area (Å²) in [5.41, 5.74) is 5.74. The normalized spacial score (nSPS) is 19.8. The van der Waals surface area contributed by atoms with Gasteiger partial charge in [-0.2, -0.15) is 0 Å². The maximum atomic E-state index is 12.3. The van der Waals surface area contributed by atoms with Gasteiger partial charge in [-0.25, -0.2) is 0 Å². The van der Waals surface area contributed by atoms with Crippen LogP contribution in [0.25, 0.3) is 0 Å². The molecule has 0 aliphatic carbocycles. The van der Waals surface area contributed by atoms with Crippen LogP contribution in [-0.4, -0.2) is 53.2 Å². The van der Waals surface area contributed by atoms with Crippen molar-refractivity contribution in [1.29, 1.82) is 0 Å². The number of carbonyl (C=O) groups is 1. The molecule has 1 fully saturated rings. The molecule has 6 heteroatoms. The average Bonchev–Trinajstić information content (AvgIpc) is 2.41. The van der Waals surface area contributed by atoms with E-state index in [1.807, 2.05) is 0 Å². The highest BCUT2D eigenvalue weighted by molar-refractivity contribution is 5.97. The second kappa shape index (κ2) is 5.24. The Balaban J connectivity index is 2.27. The van der Waals surface area contributed by atoms with Crippen LogP contribution >= 0.6 is 0 Å². The lowest BCUT2D eigenvalue weighted by Crippen LogP contribution is -2.56. The third-order valence-electron chi connectivity index (χ3n) is 3.13. The van der Waals surface area contributed by atoms with E-state index >= 15 is 0 Å². The standard InChI is InChI=1S/C12H17N3O3/c13-6-8-7-14-4-5-15(8)12(18)9-2-1-3-10(16)11(9)17/h1-3,8,14,16-17H,4-7,13H2. The highest BCUT2D eigenvalue weighted by Gasteiger charge is 2.28. The van der Waals surface area contributed by atoms with Crippen molar-refractivity contribution >= 4 is 5.91 Å². The molecule has 1 heterocycles. The molecular formula is C12H17N3O3. The van der Waals surface area contributed by atoms with E-state index in [1.54, 1.807) is 4.90 Å². The predicted molar refractivity (Wildman–Crippen MR) is 66.5 cm³/mol. The van der Waals surface area contributed by atoms with Crippen LogP contribution in [0.5, 0.6) is 11.5 Å². The number of nitrogens with two attached hydrogens (primary N) is 1. The Morgan fingerprint density at radius 2 is 2.28 bits per heavy atom. The molecule has 98 valence electrons. The Morgan fingerprint density at radius 1 is 1.50 bits per heavy atom. The number of nitrogens with one attached hydrogen (secondary N) is 1. The van der Waals surface area contributed by atoms with E-state index in [2.05, 4.69) is 5.32 Å². The topological polar surface area (TPSA) is 98.8 Å². The Bertz CT molecular complexity index is 450. The van der Waals surface area contributed by atoms with Crippen molar-refractivity contribution in [3.05, 3.63) is 23.8 Å². The molecule has 6 nitrogen and oxygen atoms in total. The highest BCUT2D eigenvalue weighted by atomic mass is 16.3. The molecule has 5 N–H and O–H groups in total. The lowest BCUT2D eigenvalue weighted by molar-refractivity contribution is 0.0641. The summed E-state index contributed by atoms with van der Waals surface area (Å²) in [6.45, 7) is 2.23. The maximum absolute atomic E-state index is 12.3. The molecule has 0 spiro atoms. The lowest BCUT2D eigenvalue weighted by atomic mass is 10.1. The van der Waals surface area contributed by atoms with Gasteiger partial charge in [0, 0.05) is 26.2 Å². The van der Waals surface area contributed by atoms with Gasteiger partial charge in [0.05, 0.1) is 11.6 Å². The lowest BCUT2D eigenvalue weighted by Gasteiger charge is -2.35. The molecule has 0 bridgehead atoms. The smallest absolute Gasteiger partial charge is 0.258 e. The number of hydrogen-bond donors (Lipinski definition) is 4. The zero-order chi connectivity index (χ0) is 13.1. The summed E-state index contributed by atoms with van der Waals surface area (Å²) in [7, 11) is 0. The van der Waals surface area contributed by atoms with E-state index in [1.165, 1.54) is 18.2 Å². The number of phenolic OH excluding ortho intramolecular Hbond substituents is 2. The first-order valence-electron chi connectivity index (χ1n) is 5.88. The highest BCUT2D eigenvalue weighted by Crippen LogP contribution is 2.29. The number of benzene rings is 1. The minimum absolute atomic E-state index is 0.0898. The average molecular weight is 251 g/mol. The van der Waals surface area contributed by atoms with Crippen LogP contribution in [0.4, 0.5) is 0 Å². The third kappa shape index (κ3) is 2.25. The molecule has 0 radical (unpaired) electrons. The van der Waals surface area contributed by atoms with Gasteiger partial charge in [0.15, 0.2) is 11.5 Å². The number of hydrogen-bond acceptors (Lipinski definition) is 5. The van der Waals surface area contributed by atoms with Crippen LogP contribution in [0.2, 0.25) is 0 Å². The summed E-state index contributed by atoms with van der Waals surface area (Å²) in [5, 5.41) is 22.3. The number of phenols is 2. The van der Waals surface area contributed by atoms with Crippen molar-refractivity contribution in [3.63, 3.8) is 0 Å². The summed E-state index contributed by atoms with van der Waals surface area (Å²) in [4.78, 5) is 13.9. The Labute approximate surface area is 105 Å². The van der Waals surface area contributed by atoms with E-state index < -0.39 is 0 Å². The van der Waals surface area contributed by atoms with E-state index in [-0.39, 0.29) is 29.0 Å². The second-order valence-electron chi connectivity index (χ2n) is 4.27. The van der Waals surface area contributed by atoms with Gasteiger partial charge in [0.1, 0.15) is 0 Å². The zero-order valence-corrected chi connectivity index (χ0v) is 9.97. The first kappa shape index (κ1) is 12.7. The predicted octanol–water partition coefficient (Wildman–Crippen LogP) is -0.529. The second-order valence-corrected chi connectivity index (χ2v) is 4.27. The molecular weight excluding hydrogens is 234 g/mol. The van der Waals surface area contributed by atoms with Gasteiger partial charge in [0.25, 0.3) is 5.91 Å². The van der Waals surface area contributed by atoms with Crippen molar-refractivity contribution in [3.8, 4) is 11.5 Å². The van der Waals surface area contributed by atoms with E-state index in [4.69, 9.17) is 5.73 Å². The molecule has 0 aromatic heterocycles. The fourth-order valence-corrected chi connectivity index (χ4v) is 2.10. The van der Waals surface area contributed by atoms with Crippen molar-refractivity contribution < 1.29 is 15.0 Å². The number of piperazine rings is 1. The van der Waals surface area contributed by atoms with Gasteiger partial charge in [-0.1, -0.05) is 6.07 Å². The van der Waals surface area contributed by atoms with Crippen molar-refractivity contribution in [2.45, 2.75) is 6.04 Å². The van der Waals surface area contributed by atoms with Crippen LogP contribution in [-0.2, 0) is 0 Å². The molecule has 1 aliphatic heterocycles. The van der Waals surface area contributed by atoms with Gasteiger partial charge in [-0.05, 0) is 12.1 Å². The third-order valence-corrected chi connectivity index (χ3v) is 3.13. The quantitative estimate of drug-likeness (QED) is 0.530. The van der Waals surface area contributed by atoms with E-state index in [9.17, 15) is 15.0 Å². The van der Waals surface area contributed by atoms with Gasteiger partial charge in [0.2, 0.25) is 0 Å². The van der Waals surface area contributed by atoms with E-state index in [0.29, 0.717) is 26.2 Å². The molecule has 1 aromatic carbocycles. The fraction of sp³-hybridized carbons (Fsp3) is 0.417. The largest absolute Gasteiger partial charge is 0.504 e. The SMILES string of the molecule is NCC1CNCCN1C(=O)c1cccc(O)c1O.